The zero-order chi connectivity index (χ0) is 18.9. The first-order chi connectivity index (χ1) is 13.8. The van der Waals surface area contributed by atoms with Crippen molar-refractivity contribution in [2.45, 2.75) is 19.3 Å². The van der Waals surface area contributed by atoms with E-state index in [0.717, 1.165) is 52.4 Å². The predicted octanol–water partition coefficient (Wildman–Crippen LogP) is 5.13. The van der Waals surface area contributed by atoms with E-state index in [1.165, 1.54) is 19.3 Å². The molecule has 4 aromatic rings. The highest BCUT2D eigenvalue weighted by atomic mass is 16.3. The number of pyridine rings is 1. The summed E-state index contributed by atoms with van der Waals surface area (Å²) < 4.78 is 6.10. The Hall–Kier alpha value is -3.34. The molecule has 2 N–H and O–H groups in total. The summed E-state index contributed by atoms with van der Waals surface area (Å²) in [7, 11) is 0. The number of piperidine rings is 1. The Morgan fingerprint density at radius 3 is 2.50 bits per heavy atom. The number of nitrogens with zero attached hydrogens (tertiary/aromatic N) is 3. The van der Waals surface area contributed by atoms with Crippen LogP contribution in [0, 0.1) is 0 Å². The van der Waals surface area contributed by atoms with Crippen LogP contribution in [0.25, 0.3) is 33.7 Å². The lowest BCUT2D eigenvalue weighted by Gasteiger charge is -2.29. The Balaban J connectivity index is 1.68. The van der Waals surface area contributed by atoms with Gasteiger partial charge in [-0.25, -0.2) is 9.97 Å². The lowest BCUT2D eigenvalue weighted by Crippen LogP contribution is -2.30. The van der Waals surface area contributed by atoms with Gasteiger partial charge in [0, 0.05) is 36.1 Å². The maximum atomic E-state index is 6.21. The van der Waals surface area contributed by atoms with Crippen molar-refractivity contribution in [3.63, 3.8) is 0 Å². The number of hydrogen-bond acceptors (Lipinski definition) is 5. The van der Waals surface area contributed by atoms with Gasteiger partial charge in [-0.2, -0.15) is 0 Å². The van der Waals surface area contributed by atoms with E-state index in [9.17, 15) is 0 Å². The Morgan fingerprint density at radius 2 is 1.68 bits per heavy atom. The van der Waals surface area contributed by atoms with Crippen LogP contribution in [-0.2, 0) is 0 Å². The van der Waals surface area contributed by atoms with Crippen LogP contribution in [0.3, 0.4) is 0 Å². The van der Waals surface area contributed by atoms with Crippen molar-refractivity contribution < 1.29 is 4.42 Å². The summed E-state index contributed by atoms with van der Waals surface area (Å²) >= 11 is 0. The van der Waals surface area contributed by atoms with Gasteiger partial charge in [0.1, 0.15) is 11.3 Å². The molecule has 140 valence electrons. The average Bonchev–Trinajstić information content (AvgIpc) is 3.19. The molecule has 0 saturated carbocycles. The Bertz CT molecular complexity index is 1100. The highest BCUT2D eigenvalue weighted by Gasteiger charge is 2.21. The lowest BCUT2D eigenvalue weighted by atomic mass is 10.0. The second kappa shape index (κ2) is 7.00. The Morgan fingerprint density at radius 1 is 0.893 bits per heavy atom. The summed E-state index contributed by atoms with van der Waals surface area (Å²) in [5.74, 6) is 1.54. The van der Waals surface area contributed by atoms with Gasteiger partial charge in [0.15, 0.2) is 5.58 Å². The summed E-state index contributed by atoms with van der Waals surface area (Å²) in [6, 6.07) is 17.8. The Labute approximate surface area is 163 Å². The van der Waals surface area contributed by atoms with E-state index in [1.807, 2.05) is 54.7 Å². The van der Waals surface area contributed by atoms with Gasteiger partial charge < -0.3 is 15.1 Å². The van der Waals surface area contributed by atoms with Crippen molar-refractivity contribution in [2.24, 2.45) is 0 Å². The zero-order valence-electron chi connectivity index (χ0n) is 15.6. The summed E-state index contributed by atoms with van der Waals surface area (Å²) in [5, 5.41) is 0. The lowest BCUT2D eigenvalue weighted by molar-refractivity contribution is 0.571. The van der Waals surface area contributed by atoms with Crippen molar-refractivity contribution in [1.29, 1.82) is 0 Å². The summed E-state index contributed by atoms with van der Waals surface area (Å²) in [5.41, 5.74) is 11.4. The number of nitrogen functional groups attached to an aromatic ring is 1. The number of anilines is 2. The number of hydrogen-bond donors (Lipinski definition) is 1. The van der Waals surface area contributed by atoms with Crippen molar-refractivity contribution in [2.75, 3.05) is 23.7 Å². The molecule has 5 nitrogen and oxygen atoms in total. The van der Waals surface area contributed by atoms with Gasteiger partial charge in [-0.3, -0.25) is 0 Å². The number of fused-ring (bicyclic) bond motifs is 1. The van der Waals surface area contributed by atoms with Crippen LogP contribution in [0.15, 0.2) is 65.2 Å². The maximum absolute atomic E-state index is 6.21. The van der Waals surface area contributed by atoms with Gasteiger partial charge in [-0.15, -0.1) is 0 Å². The average molecular weight is 370 g/mol. The van der Waals surface area contributed by atoms with Crippen LogP contribution in [0.4, 0.5) is 11.5 Å². The number of rotatable bonds is 3. The van der Waals surface area contributed by atoms with E-state index < -0.39 is 0 Å². The molecule has 5 heteroatoms. The van der Waals surface area contributed by atoms with Crippen LogP contribution in [0.5, 0.6) is 0 Å². The predicted molar refractivity (Wildman–Crippen MR) is 113 cm³/mol. The first-order valence-corrected chi connectivity index (χ1v) is 9.75. The number of para-hydroxylation sites is 3. The molecule has 5 rings (SSSR count). The third kappa shape index (κ3) is 2.99. The molecule has 2 aromatic heterocycles. The number of aromatic nitrogens is 2. The fourth-order valence-electron chi connectivity index (χ4n) is 3.87. The molecule has 3 heterocycles. The molecular formula is C23H22N4O. The van der Waals surface area contributed by atoms with Crippen LogP contribution < -0.4 is 10.6 Å². The molecule has 0 radical (unpaired) electrons. The van der Waals surface area contributed by atoms with Crippen LogP contribution in [-0.4, -0.2) is 23.1 Å². The molecule has 0 aliphatic carbocycles. The highest BCUT2D eigenvalue weighted by molar-refractivity contribution is 5.84. The van der Waals surface area contributed by atoms with Crippen LogP contribution in [0.1, 0.15) is 19.3 Å². The molecule has 1 aliphatic rings. The minimum absolute atomic E-state index is 0.602. The monoisotopic (exact) mass is 370 g/mol. The van der Waals surface area contributed by atoms with Gasteiger partial charge in [-0.05, 0) is 43.5 Å². The fraction of sp³-hybridized carbons (Fsp3) is 0.217. The minimum Gasteiger partial charge on any atom is -0.436 e. The topological polar surface area (TPSA) is 68.2 Å². The first kappa shape index (κ1) is 16.8. The van der Waals surface area contributed by atoms with E-state index in [1.54, 1.807) is 0 Å². The SMILES string of the molecule is Nc1ccccc1-c1cnc(N2CCCCC2)c(-c2nc3ccccc3o2)c1. The Kier molecular flexibility index (Phi) is 4.20. The second-order valence-corrected chi connectivity index (χ2v) is 7.22. The van der Waals surface area contributed by atoms with Crippen molar-refractivity contribution in [3.8, 4) is 22.6 Å². The third-order valence-electron chi connectivity index (χ3n) is 5.32. The highest BCUT2D eigenvalue weighted by Crippen LogP contribution is 2.36. The minimum atomic E-state index is 0.602. The van der Waals surface area contributed by atoms with E-state index in [-0.39, 0.29) is 0 Å². The molecule has 1 fully saturated rings. The van der Waals surface area contributed by atoms with Gasteiger partial charge in [-0.1, -0.05) is 30.3 Å². The largest absolute Gasteiger partial charge is 0.436 e. The summed E-state index contributed by atoms with van der Waals surface area (Å²) in [4.78, 5) is 11.9. The normalized spacial score (nSPS) is 14.5. The molecule has 1 saturated heterocycles. The van der Waals surface area contributed by atoms with Gasteiger partial charge in [0.25, 0.3) is 0 Å². The molecule has 0 unspecified atom stereocenters. The van der Waals surface area contributed by atoms with Crippen molar-refractivity contribution in [3.05, 3.63) is 60.8 Å². The van der Waals surface area contributed by atoms with E-state index in [4.69, 9.17) is 20.1 Å². The molecule has 0 amide bonds. The molecule has 0 bridgehead atoms. The quantitative estimate of drug-likeness (QED) is 0.506. The molecule has 0 spiro atoms. The van der Waals surface area contributed by atoms with E-state index in [0.29, 0.717) is 5.89 Å². The molecule has 28 heavy (non-hydrogen) atoms. The maximum Gasteiger partial charge on any atom is 0.231 e. The molecule has 2 aromatic carbocycles. The van der Waals surface area contributed by atoms with Crippen molar-refractivity contribution in [1.82, 2.24) is 9.97 Å². The second-order valence-electron chi connectivity index (χ2n) is 7.22. The van der Waals surface area contributed by atoms with Gasteiger partial charge >= 0.3 is 0 Å². The van der Waals surface area contributed by atoms with E-state index >= 15 is 0 Å². The van der Waals surface area contributed by atoms with Gasteiger partial charge in [0.2, 0.25) is 5.89 Å². The number of nitrogens with two attached hydrogens (primary N) is 1. The van der Waals surface area contributed by atoms with Crippen LogP contribution in [0.2, 0.25) is 0 Å². The standard InChI is InChI=1S/C23H22N4O/c24-19-9-3-2-8-17(19)16-14-18(22(25-15-16)27-12-6-1-7-13-27)23-26-20-10-4-5-11-21(20)28-23/h2-5,8-11,14-15H,1,6-7,12-13,24H2. The first-order valence-electron chi connectivity index (χ1n) is 9.75. The van der Waals surface area contributed by atoms with Gasteiger partial charge in [0.05, 0.1) is 5.56 Å². The fourth-order valence-corrected chi connectivity index (χ4v) is 3.87. The molecular weight excluding hydrogens is 348 g/mol. The van der Waals surface area contributed by atoms with Crippen molar-refractivity contribution >= 4 is 22.6 Å². The van der Waals surface area contributed by atoms with E-state index in [2.05, 4.69) is 11.0 Å². The molecule has 1 aliphatic heterocycles. The van der Waals surface area contributed by atoms with Crippen LogP contribution >= 0.6 is 0 Å². The molecule has 0 atom stereocenters. The summed E-state index contributed by atoms with van der Waals surface area (Å²) in [6.07, 6.45) is 5.54. The zero-order valence-corrected chi connectivity index (χ0v) is 15.6. The number of benzene rings is 2. The third-order valence-corrected chi connectivity index (χ3v) is 5.32. The number of oxazole rings is 1. The smallest absolute Gasteiger partial charge is 0.231 e. The summed E-state index contributed by atoms with van der Waals surface area (Å²) in [6.45, 7) is 2.01.